The Morgan fingerprint density at radius 3 is 3.00 bits per heavy atom. The van der Waals surface area contributed by atoms with E-state index in [2.05, 4.69) is 44.2 Å². The molecule has 0 spiro atoms. The van der Waals surface area contributed by atoms with Gasteiger partial charge in [0, 0.05) is 0 Å². The Morgan fingerprint density at radius 2 is 2.23 bits per heavy atom. The minimum atomic E-state index is 0.768. The molecule has 0 bridgehead atoms. The molecule has 0 heterocycles. The van der Waals surface area contributed by atoms with Crippen LogP contribution in [-0.2, 0) is 0 Å². The van der Waals surface area contributed by atoms with Gasteiger partial charge in [0.1, 0.15) is 0 Å². The predicted octanol–water partition coefficient (Wildman–Crippen LogP) is 3.72. The molecule has 0 aromatic carbocycles. The number of allylic oxidation sites excluding steroid dienone is 6. The minimum Gasteiger partial charge on any atom is -0.0842 e. The SMILES string of the molecule is CC(C)C1C=CC=C2C=CCCC21. The molecule has 0 nitrogen and oxygen atoms in total. The van der Waals surface area contributed by atoms with E-state index < -0.39 is 0 Å². The molecule has 0 aromatic rings. The van der Waals surface area contributed by atoms with Crippen LogP contribution in [0.4, 0.5) is 0 Å². The summed E-state index contributed by atoms with van der Waals surface area (Å²) >= 11 is 0. The summed E-state index contributed by atoms with van der Waals surface area (Å²) in [6, 6.07) is 0. The fourth-order valence-corrected chi connectivity index (χ4v) is 2.50. The molecule has 13 heavy (non-hydrogen) atoms. The van der Waals surface area contributed by atoms with E-state index in [1.165, 1.54) is 12.8 Å². The summed E-state index contributed by atoms with van der Waals surface area (Å²) in [5, 5.41) is 0. The second kappa shape index (κ2) is 3.53. The second-order valence-corrected chi connectivity index (χ2v) is 4.46. The highest BCUT2D eigenvalue weighted by Crippen LogP contribution is 2.37. The van der Waals surface area contributed by atoms with E-state index in [4.69, 9.17) is 0 Å². The quantitative estimate of drug-likeness (QED) is 0.568. The van der Waals surface area contributed by atoms with Gasteiger partial charge in [-0.05, 0) is 36.2 Å². The van der Waals surface area contributed by atoms with Crippen molar-refractivity contribution in [3.8, 4) is 0 Å². The molecule has 2 aliphatic carbocycles. The first-order valence-corrected chi connectivity index (χ1v) is 5.34. The van der Waals surface area contributed by atoms with Crippen LogP contribution in [0.25, 0.3) is 0 Å². The van der Waals surface area contributed by atoms with Gasteiger partial charge in [-0.25, -0.2) is 0 Å². The van der Waals surface area contributed by atoms with Gasteiger partial charge in [-0.1, -0.05) is 44.2 Å². The standard InChI is InChI=1S/C13H18/c1-10(2)12-9-5-7-11-6-3-4-8-13(11)12/h3,5-7,9-10,12-13H,4,8H2,1-2H3. The lowest BCUT2D eigenvalue weighted by Crippen LogP contribution is -2.23. The van der Waals surface area contributed by atoms with Crippen LogP contribution in [0.2, 0.25) is 0 Å². The van der Waals surface area contributed by atoms with Crippen LogP contribution < -0.4 is 0 Å². The van der Waals surface area contributed by atoms with Gasteiger partial charge < -0.3 is 0 Å². The van der Waals surface area contributed by atoms with Crippen molar-refractivity contribution in [2.45, 2.75) is 26.7 Å². The van der Waals surface area contributed by atoms with Crippen LogP contribution in [0, 0.1) is 17.8 Å². The van der Waals surface area contributed by atoms with Gasteiger partial charge in [-0.3, -0.25) is 0 Å². The van der Waals surface area contributed by atoms with E-state index in [9.17, 15) is 0 Å². The van der Waals surface area contributed by atoms with Crippen LogP contribution in [0.1, 0.15) is 26.7 Å². The number of fused-ring (bicyclic) bond motifs is 1. The first-order chi connectivity index (χ1) is 6.29. The van der Waals surface area contributed by atoms with Crippen LogP contribution in [0.3, 0.4) is 0 Å². The molecule has 2 unspecified atom stereocenters. The minimum absolute atomic E-state index is 0.768. The molecule has 0 heteroatoms. The molecule has 2 aliphatic rings. The van der Waals surface area contributed by atoms with Crippen molar-refractivity contribution in [1.29, 1.82) is 0 Å². The summed E-state index contributed by atoms with van der Waals surface area (Å²) in [5.74, 6) is 2.34. The fourth-order valence-electron chi connectivity index (χ4n) is 2.50. The number of hydrogen-bond acceptors (Lipinski definition) is 0. The first kappa shape index (κ1) is 8.80. The van der Waals surface area contributed by atoms with E-state index in [0.717, 1.165) is 17.8 Å². The third-order valence-corrected chi connectivity index (χ3v) is 3.24. The van der Waals surface area contributed by atoms with Gasteiger partial charge >= 0.3 is 0 Å². The lowest BCUT2D eigenvalue weighted by atomic mass is 9.72. The van der Waals surface area contributed by atoms with E-state index in [1.807, 2.05) is 0 Å². The Bertz CT molecular complexity index is 266. The first-order valence-electron chi connectivity index (χ1n) is 5.34. The summed E-state index contributed by atoms with van der Waals surface area (Å²) in [6.45, 7) is 4.66. The molecule has 0 fully saturated rings. The van der Waals surface area contributed by atoms with Gasteiger partial charge in [0.25, 0.3) is 0 Å². The molecule has 0 radical (unpaired) electrons. The van der Waals surface area contributed by atoms with Crippen LogP contribution >= 0.6 is 0 Å². The van der Waals surface area contributed by atoms with Crippen molar-refractivity contribution in [2.75, 3.05) is 0 Å². The molecule has 0 saturated carbocycles. The molecule has 70 valence electrons. The molecular weight excluding hydrogens is 156 g/mol. The maximum atomic E-state index is 2.39. The van der Waals surface area contributed by atoms with Gasteiger partial charge in [-0.2, -0.15) is 0 Å². The number of rotatable bonds is 1. The highest BCUT2D eigenvalue weighted by Gasteiger charge is 2.26. The Balaban J connectivity index is 2.24. The van der Waals surface area contributed by atoms with Crippen molar-refractivity contribution < 1.29 is 0 Å². The third-order valence-electron chi connectivity index (χ3n) is 3.24. The van der Waals surface area contributed by atoms with Gasteiger partial charge in [0.15, 0.2) is 0 Å². The summed E-state index contributed by atoms with van der Waals surface area (Å²) in [7, 11) is 0. The maximum Gasteiger partial charge on any atom is -0.00936 e. The average Bonchev–Trinajstić information content (AvgIpc) is 2.17. The Morgan fingerprint density at radius 1 is 1.38 bits per heavy atom. The molecule has 0 aliphatic heterocycles. The van der Waals surface area contributed by atoms with Crippen molar-refractivity contribution in [1.82, 2.24) is 0 Å². The van der Waals surface area contributed by atoms with Gasteiger partial charge in [0.05, 0.1) is 0 Å². The van der Waals surface area contributed by atoms with Crippen molar-refractivity contribution >= 4 is 0 Å². The van der Waals surface area contributed by atoms with Crippen molar-refractivity contribution in [3.05, 3.63) is 36.0 Å². The zero-order valence-electron chi connectivity index (χ0n) is 8.53. The molecule has 2 atom stereocenters. The zero-order valence-corrected chi connectivity index (χ0v) is 8.53. The monoisotopic (exact) mass is 174 g/mol. The molecule has 0 saturated heterocycles. The highest BCUT2D eigenvalue weighted by molar-refractivity contribution is 5.33. The summed E-state index contributed by atoms with van der Waals surface area (Å²) in [6.07, 6.45) is 14.1. The van der Waals surface area contributed by atoms with Gasteiger partial charge in [-0.15, -0.1) is 0 Å². The largest absolute Gasteiger partial charge is 0.0842 e. The third kappa shape index (κ3) is 1.63. The molecule has 0 amide bonds. The van der Waals surface area contributed by atoms with Crippen LogP contribution in [0.5, 0.6) is 0 Å². The van der Waals surface area contributed by atoms with Crippen LogP contribution in [-0.4, -0.2) is 0 Å². The van der Waals surface area contributed by atoms with E-state index in [1.54, 1.807) is 5.57 Å². The Kier molecular flexibility index (Phi) is 2.39. The number of hydrogen-bond donors (Lipinski definition) is 0. The van der Waals surface area contributed by atoms with E-state index >= 15 is 0 Å². The fraction of sp³-hybridized carbons (Fsp3) is 0.538. The second-order valence-electron chi connectivity index (χ2n) is 4.46. The predicted molar refractivity (Wildman–Crippen MR) is 57.4 cm³/mol. The summed E-state index contributed by atoms with van der Waals surface area (Å²) < 4.78 is 0. The molecule has 2 rings (SSSR count). The maximum absolute atomic E-state index is 2.39. The zero-order chi connectivity index (χ0) is 9.26. The van der Waals surface area contributed by atoms with Crippen molar-refractivity contribution in [3.63, 3.8) is 0 Å². The average molecular weight is 174 g/mol. The van der Waals surface area contributed by atoms with Gasteiger partial charge in [0.2, 0.25) is 0 Å². The topological polar surface area (TPSA) is 0 Å². The Hall–Kier alpha value is -0.780. The normalized spacial score (nSPS) is 31.8. The molecule has 0 N–H and O–H groups in total. The summed E-state index contributed by atoms with van der Waals surface area (Å²) in [4.78, 5) is 0. The lowest BCUT2D eigenvalue weighted by molar-refractivity contribution is 0.331. The lowest BCUT2D eigenvalue weighted by Gasteiger charge is -2.32. The molecular formula is C13H18. The smallest absolute Gasteiger partial charge is 0.00936 e. The van der Waals surface area contributed by atoms with Crippen molar-refractivity contribution in [2.24, 2.45) is 17.8 Å². The molecule has 0 aromatic heterocycles. The summed E-state index contributed by atoms with van der Waals surface area (Å²) in [5.41, 5.74) is 1.55. The van der Waals surface area contributed by atoms with E-state index in [0.29, 0.717) is 0 Å². The highest BCUT2D eigenvalue weighted by atomic mass is 14.3. The van der Waals surface area contributed by atoms with E-state index in [-0.39, 0.29) is 0 Å². The van der Waals surface area contributed by atoms with Crippen LogP contribution in [0.15, 0.2) is 36.0 Å². The Labute approximate surface area is 81.0 Å².